The molecule has 1 aromatic carbocycles. The maximum atomic E-state index is 13.5. The molecule has 0 bridgehead atoms. The largest absolute Gasteiger partial charge is 0.375 e. The summed E-state index contributed by atoms with van der Waals surface area (Å²) in [6, 6.07) is 8.17. The average Bonchev–Trinajstić information content (AvgIpc) is 2.86. The van der Waals surface area contributed by atoms with Gasteiger partial charge in [-0.2, -0.15) is 0 Å². The van der Waals surface area contributed by atoms with Crippen molar-refractivity contribution in [3.63, 3.8) is 0 Å². The quantitative estimate of drug-likeness (QED) is 0.544. The second-order valence-corrected chi connectivity index (χ2v) is 8.53. The molecule has 172 valence electrons. The highest BCUT2D eigenvalue weighted by atomic mass is 16.5. The molecular weight excluding hydrogens is 388 g/mol. The van der Waals surface area contributed by atoms with Gasteiger partial charge in [0.1, 0.15) is 0 Å². The fraction of sp³-hybridized carbons (Fsp3) is 0.600. The van der Waals surface area contributed by atoms with E-state index in [1.54, 1.807) is 13.3 Å². The maximum absolute atomic E-state index is 13.5. The van der Waals surface area contributed by atoms with E-state index in [0.29, 0.717) is 24.6 Å². The average molecular weight is 429 g/mol. The lowest BCUT2D eigenvalue weighted by Crippen LogP contribution is -2.34. The molecular formula is C25H40N4O2. The van der Waals surface area contributed by atoms with Crippen LogP contribution in [0.15, 0.2) is 40.5 Å². The lowest BCUT2D eigenvalue weighted by molar-refractivity contribution is -0.114. The van der Waals surface area contributed by atoms with E-state index in [4.69, 9.17) is 4.74 Å². The fourth-order valence-electron chi connectivity index (χ4n) is 3.94. The molecule has 0 fully saturated rings. The van der Waals surface area contributed by atoms with Crippen LogP contribution in [0.25, 0.3) is 0 Å². The van der Waals surface area contributed by atoms with Crippen LogP contribution < -0.4 is 10.2 Å². The van der Waals surface area contributed by atoms with Crippen LogP contribution >= 0.6 is 0 Å². The summed E-state index contributed by atoms with van der Waals surface area (Å²) in [5.74, 6) is 0.475. The van der Waals surface area contributed by atoms with Gasteiger partial charge in [0, 0.05) is 44.8 Å². The number of carbonyl (C=O) groups is 1. The van der Waals surface area contributed by atoms with Crippen molar-refractivity contribution in [1.82, 2.24) is 10.2 Å². The molecule has 0 spiro atoms. The van der Waals surface area contributed by atoms with E-state index in [1.807, 2.05) is 24.1 Å². The highest BCUT2D eigenvalue weighted by Crippen LogP contribution is 2.25. The molecule has 1 aromatic rings. The van der Waals surface area contributed by atoms with Crippen molar-refractivity contribution in [2.45, 2.75) is 52.7 Å². The van der Waals surface area contributed by atoms with Crippen LogP contribution in [0.1, 0.15) is 45.6 Å². The normalized spacial score (nSPS) is 16.5. The molecule has 1 atom stereocenters. The number of ether oxygens (including phenoxy) is 1. The second kappa shape index (κ2) is 12.6. The van der Waals surface area contributed by atoms with Gasteiger partial charge in [-0.1, -0.05) is 39.3 Å². The molecule has 2 rings (SSSR count). The highest BCUT2D eigenvalue weighted by Gasteiger charge is 2.27. The topological polar surface area (TPSA) is 57.2 Å². The minimum Gasteiger partial charge on any atom is -0.375 e. The standard InChI is InChI=1S/C25H40N4O2/c1-7-9-23-22(17-27-5)25(30)29(15-14-28(23)6)21-11-8-10-20(16-21)18-31-24(19(2)3)12-13-26-4/h8,10-11,16-17,19,24,26H,7,9,12-15,18H2,1-6H3/b27-17-. The molecule has 0 aliphatic carbocycles. The Hall–Kier alpha value is -2.18. The van der Waals surface area contributed by atoms with E-state index in [2.05, 4.69) is 55.2 Å². The van der Waals surface area contributed by atoms with Crippen molar-refractivity contribution < 1.29 is 9.53 Å². The van der Waals surface area contributed by atoms with Crippen LogP contribution in [-0.4, -0.2) is 63.9 Å². The Bertz CT molecular complexity index is 773. The van der Waals surface area contributed by atoms with Gasteiger partial charge in [0.25, 0.3) is 5.91 Å². The summed E-state index contributed by atoms with van der Waals surface area (Å²) >= 11 is 0. The van der Waals surface area contributed by atoms with Gasteiger partial charge in [0.15, 0.2) is 0 Å². The van der Waals surface area contributed by atoms with E-state index in [-0.39, 0.29) is 12.0 Å². The summed E-state index contributed by atoms with van der Waals surface area (Å²) in [6.45, 7) is 9.45. The lowest BCUT2D eigenvalue weighted by atomic mass is 10.0. The third kappa shape index (κ3) is 6.91. The first kappa shape index (κ1) is 25.1. The van der Waals surface area contributed by atoms with Gasteiger partial charge in [0.2, 0.25) is 0 Å². The first-order chi connectivity index (χ1) is 14.9. The van der Waals surface area contributed by atoms with Gasteiger partial charge in [-0.25, -0.2) is 0 Å². The Morgan fingerprint density at radius 2 is 2.06 bits per heavy atom. The molecule has 31 heavy (non-hydrogen) atoms. The van der Waals surface area contributed by atoms with Gasteiger partial charge in [-0.15, -0.1) is 0 Å². The van der Waals surface area contributed by atoms with Crippen LogP contribution in [0.4, 0.5) is 5.69 Å². The van der Waals surface area contributed by atoms with Gasteiger partial charge in [0.05, 0.1) is 18.3 Å². The number of allylic oxidation sites excluding steroid dienone is 1. The van der Waals surface area contributed by atoms with Crippen LogP contribution in [0.2, 0.25) is 0 Å². The van der Waals surface area contributed by atoms with Crippen LogP contribution in [0, 0.1) is 5.92 Å². The first-order valence-corrected chi connectivity index (χ1v) is 11.5. The van der Waals surface area contributed by atoms with Gasteiger partial charge >= 0.3 is 0 Å². The minimum absolute atomic E-state index is 0.0190. The molecule has 0 saturated heterocycles. The Morgan fingerprint density at radius 1 is 1.29 bits per heavy atom. The lowest BCUT2D eigenvalue weighted by Gasteiger charge is -2.24. The Balaban J connectivity index is 2.23. The smallest absolute Gasteiger partial charge is 0.261 e. The third-order valence-corrected chi connectivity index (χ3v) is 5.76. The predicted octanol–water partition coefficient (Wildman–Crippen LogP) is 3.87. The van der Waals surface area contributed by atoms with Crippen molar-refractivity contribution in [2.75, 3.05) is 45.7 Å². The number of likely N-dealkylation sites (N-methyl/N-ethyl adjacent to an activating group) is 1. The Morgan fingerprint density at radius 3 is 2.71 bits per heavy atom. The van der Waals surface area contributed by atoms with Crippen molar-refractivity contribution in [3.8, 4) is 0 Å². The molecule has 0 saturated carbocycles. The number of carbonyl (C=O) groups excluding carboxylic acids is 1. The monoisotopic (exact) mass is 428 g/mol. The molecule has 6 nitrogen and oxygen atoms in total. The molecule has 1 aliphatic heterocycles. The summed E-state index contributed by atoms with van der Waals surface area (Å²) in [5, 5.41) is 3.20. The van der Waals surface area contributed by atoms with E-state index in [1.165, 1.54) is 0 Å². The van der Waals surface area contributed by atoms with Crippen LogP contribution in [0.5, 0.6) is 0 Å². The summed E-state index contributed by atoms with van der Waals surface area (Å²) in [7, 11) is 5.75. The van der Waals surface area contributed by atoms with Crippen molar-refractivity contribution in [2.24, 2.45) is 10.9 Å². The SMILES string of the molecule is CCCC1=C(/C=N\C)C(=O)N(c2cccc(COC(CCNC)C(C)C)c2)CCN1C. The summed E-state index contributed by atoms with van der Waals surface area (Å²) in [4.78, 5) is 21.7. The number of amides is 1. The van der Waals surface area contributed by atoms with Crippen molar-refractivity contribution in [1.29, 1.82) is 0 Å². The number of nitrogens with zero attached hydrogens (tertiary/aromatic N) is 3. The number of anilines is 1. The zero-order chi connectivity index (χ0) is 22.8. The molecule has 0 radical (unpaired) electrons. The van der Waals surface area contributed by atoms with E-state index >= 15 is 0 Å². The first-order valence-electron chi connectivity index (χ1n) is 11.5. The third-order valence-electron chi connectivity index (χ3n) is 5.76. The zero-order valence-corrected chi connectivity index (χ0v) is 20.1. The fourth-order valence-corrected chi connectivity index (χ4v) is 3.94. The van der Waals surface area contributed by atoms with Gasteiger partial charge < -0.3 is 19.9 Å². The molecule has 1 aliphatic rings. The van der Waals surface area contributed by atoms with Gasteiger partial charge in [-0.3, -0.25) is 9.79 Å². The number of hydrogen-bond donors (Lipinski definition) is 1. The maximum Gasteiger partial charge on any atom is 0.261 e. The number of aliphatic imine (C=N–C) groups is 1. The van der Waals surface area contributed by atoms with E-state index in [0.717, 1.165) is 49.3 Å². The van der Waals surface area contributed by atoms with Gasteiger partial charge in [-0.05, 0) is 50.0 Å². The molecule has 6 heteroatoms. The molecule has 1 amide bonds. The number of benzene rings is 1. The number of nitrogens with one attached hydrogen (secondary N) is 1. The molecule has 1 heterocycles. The van der Waals surface area contributed by atoms with E-state index in [9.17, 15) is 4.79 Å². The van der Waals surface area contributed by atoms with E-state index < -0.39 is 0 Å². The van der Waals surface area contributed by atoms with Crippen molar-refractivity contribution in [3.05, 3.63) is 41.1 Å². The number of hydrogen-bond acceptors (Lipinski definition) is 5. The predicted molar refractivity (Wildman–Crippen MR) is 130 cm³/mol. The molecule has 0 aromatic heterocycles. The summed E-state index contributed by atoms with van der Waals surface area (Å²) in [5.41, 5.74) is 3.76. The highest BCUT2D eigenvalue weighted by molar-refractivity contribution is 6.19. The Labute approximate surface area is 188 Å². The Kier molecular flexibility index (Phi) is 10.2. The van der Waals surface area contributed by atoms with Crippen LogP contribution in [-0.2, 0) is 16.1 Å². The summed E-state index contributed by atoms with van der Waals surface area (Å²) in [6.07, 6.45) is 4.76. The van der Waals surface area contributed by atoms with Crippen LogP contribution in [0.3, 0.4) is 0 Å². The zero-order valence-electron chi connectivity index (χ0n) is 20.1. The minimum atomic E-state index is 0.0190. The molecule has 1 N–H and O–H groups in total. The van der Waals surface area contributed by atoms with Crippen molar-refractivity contribution >= 4 is 17.8 Å². The number of rotatable bonds is 11. The molecule has 1 unspecified atom stereocenters. The second-order valence-electron chi connectivity index (χ2n) is 8.53. The summed E-state index contributed by atoms with van der Waals surface area (Å²) < 4.78 is 6.23.